The largest absolute Gasteiger partial charge is 0.459 e. The minimum absolute atomic E-state index is 0.0471. The van der Waals surface area contributed by atoms with Crippen LogP contribution in [0.2, 0.25) is 0 Å². The van der Waals surface area contributed by atoms with Crippen molar-refractivity contribution in [2.75, 3.05) is 30.3 Å². The van der Waals surface area contributed by atoms with Crippen molar-refractivity contribution in [3.63, 3.8) is 0 Å². The molecule has 2 rings (SSSR count). The van der Waals surface area contributed by atoms with Gasteiger partial charge >= 0.3 is 0 Å². The molecule has 0 aliphatic heterocycles. The molecule has 0 aliphatic carbocycles. The van der Waals surface area contributed by atoms with Crippen molar-refractivity contribution in [1.82, 2.24) is 4.90 Å². The summed E-state index contributed by atoms with van der Waals surface area (Å²) in [6.07, 6.45) is 1.45. The van der Waals surface area contributed by atoms with Gasteiger partial charge < -0.3 is 15.1 Å². The van der Waals surface area contributed by atoms with Crippen LogP contribution in [0, 0.1) is 6.92 Å². The first kappa shape index (κ1) is 17.7. The fraction of sp³-hybridized carbons (Fsp3) is 0.333. The number of anilines is 2. The third kappa shape index (κ3) is 4.70. The lowest BCUT2D eigenvalue weighted by atomic mass is 10.1. The molecule has 1 aromatic carbocycles. The Morgan fingerprint density at radius 2 is 1.88 bits per heavy atom. The number of carbonyl (C=O) groups is 2. The highest BCUT2D eigenvalue weighted by atomic mass is 16.3. The lowest BCUT2D eigenvalue weighted by molar-refractivity contribution is -0.117. The van der Waals surface area contributed by atoms with Crippen molar-refractivity contribution < 1.29 is 14.0 Å². The minimum Gasteiger partial charge on any atom is -0.459 e. The molecular formula is C18H23N3O3. The maximum atomic E-state index is 12.1. The van der Waals surface area contributed by atoms with Crippen molar-refractivity contribution in [2.24, 2.45) is 0 Å². The number of rotatable bonds is 7. The van der Waals surface area contributed by atoms with Gasteiger partial charge in [-0.25, -0.2) is 0 Å². The number of likely N-dealkylation sites (N-methyl/N-ethyl adjacent to an activating group) is 1. The van der Waals surface area contributed by atoms with E-state index in [0.29, 0.717) is 12.2 Å². The Kier molecular flexibility index (Phi) is 6.14. The molecule has 1 heterocycles. The van der Waals surface area contributed by atoms with Crippen molar-refractivity contribution in [3.05, 3.63) is 47.9 Å². The number of hydrogen-bond acceptors (Lipinski definition) is 4. The average Bonchev–Trinajstić information content (AvgIpc) is 3.10. The fourth-order valence-electron chi connectivity index (χ4n) is 2.32. The van der Waals surface area contributed by atoms with Crippen molar-refractivity contribution >= 4 is 23.2 Å². The molecule has 6 heteroatoms. The topological polar surface area (TPSA) is 74.6 Å². The minimum atomic E-state index is -0.308. The average molecular weight is 329 g/mol. The highest BCUT2D eigenvalue weighted by molar-refractivity contribution is 6.02. The molecule has 0 aliphatic rings. The highest BCUT2D eigenvalue weighted by Gasteiger charge is 2.11. The second kappa shape index (κ2) is 8.31. The molecule has 2 N–H and O–H groups in total. The predicted octanol–water partition coefficient (Wildman–Crippen LogP) is 3.12. The van der Waals surface area contributed by atoms with Gasteiger partial charge in [0.25, 0.3) is 5.91 Å². The molecule has 2 amide bonds. The summed E-state index contributed by atoms with van der Waals surface area (Å²) in [6.45, 7) is 7.97. The quantitative estimate of drug-likeness (QED) is 0.818. The van der Waals surface area contributed by atoms with Gasteiger partial charge in [0.05, 0.1) is 12.8 Å². The van der Waals surface area contributed by atoms with Gasteiger partial charge in [0, 0.05) is 11.4 Å². The van der Waals surface area contributed by atoms with E-state index in [1.165, 1.54) is 6.26 Å². The third-order valence-corrected chi connectivity index (χ3v) is 3.76. The summed E-state index contributed by atoms with van der Waals surface area (Å²) >= 11 is 0. The van der Waals surface area contributed by atoms with Crippen LogP contribution in [-0.4, -0.2) is 36.3 Å². The molecule has 2 aromatic rings. The molecule has 0 radical (unpaired) electrons. The first-order valence-corrected chi connectivity index (χ1v) is 8.01. The first-order chi connectivity index (χ1) is 11.5. The van der Waals surface area contributed by atoms with Gasteiger partial charge in [-0.1, -0.05) is 13.8 Å². The van der Waals surface area contributed by atoms with Gasteiger partial charge in [-0.15, -0.1) is 0 Å². The van der Waals surface area contributed by atoms with E-state index in [0.717, 1.165) is 24.3 Å². The Morgan fingerprint density at radius 3 is 2.46 bits per heavy atom. The Hall–Kier alpha value is -2.60. The molecule has 0 saturated heterocycles. The number of nitrogens with zero attached hydrogens (tertiary/aromatic N) is 1. The molecular weight excluding hydrogens is 306 g/mol. The van der Waals surface area contributed by atoms with Crippen LogP contribution in [0.5, 0.6) is 0 Å². The van der Waals surface area contributed by atoms with Crippen LogP contribution >= 0.6 is 0 Å². The number of aryl methyl sites for hydroxylation is 1. The van der Waals surface area contributed by atoms with E-state index in [-0.39, 0.29) is 17.6 Å². The third-order valence-electron chi connectivity index (χ3n) is 3.76. The zero-order valence-electron chi connectivity index (χ0n) is 14.3. The Labute approximate surface area is 141 Å². The van der Waals surface area contributed by atoms with Gasteiger partial charge in [0.15, 0.2) is 5.76 Å². The van der Waals surface area contributed by atoms with E-state index in [2.05, 4.69) is 10.6 Å². The molecule has 24 heavy (non-hydrogen) atoms. The summed E-state index contributed by atoms with van der Waals surface area (Å²) in [7, 11) is 0. The molecule has 1 aromatic heterocycles. The van der Waals surface area contributed by atoms with Crippen LogP contribution < -0.4 is 10.6 Å². The maximum Gasteiger partial charge on any atom is 0.291 e. The van der Waals surface area contributed by atoms with E-state index in [4.69, 9.17) is 4.42 Å². The Bertz CT molecular complexity index is 692. The van der Waals surface area contributed by atoms with Crippen LogP contribution in [-0.2, 0) is 4.79 Å². The molecule has 0 unspecified atom stereocenters. The molecule has 0 bridgehead atoms. The summed E-state index contributed by atoms with van der Waals surface area (Å²) in [5.74, 6) is -0.101. The van der Waals surface area contributed by atoms with Crippen LogP contribution in [0.1, 0.15) is 30.0 Å². The lowest BCUT2D eigenvalue weighted by Gasteiger charge is -2.18. The standard InChI is InChI=1S/C18H23N3O3/c1-4-21(5-2)12-17(22)20-15-9-8-14(11-13(15)3)19-18(23)16-7-6-10-24-16/h6-11H,4-5,12H2,1-3H3,(H,19,23)(H,20,22). The highest BCUT2D eigenvalue weighted by Crippen LogP contribution is 2.20. The normalized spacial score (nSPS) is 10.7. The molecule has 6 nitrogen and oxygen atoms in total. The summed E-state index contributed by atoms with van der Waals surface area (Å²) in [4.78, 5) is 26.1. The van der Waals surface area contributed by atoms with E-state index in [1.54, 1.807) is 24.3 Å². The first-order valence-electron chi connectivity index (χ1n) is 8.01. The van der Waals surface area contributed by atoms with E-state index in [1.807, 2.05) is 31.7 Å². The molecule has 0 saturated carbocycles. The van der Waals surface area contributed by atoms with Crippen LogP contribution in [0.4, 0.5) is 11.4 Å². The summed E-state index contributed by atoms with van der Waals surface area (Å²) < 4.78 is 5.06. The smallest absolute Gasteiger partial charge is 0.291 e. The van der Waals surface area contributed by atoms with Gasteiger partial charge in [0.2, 0.25) is 5.91 Å². The zero-order valence-corrected chi connectivity index (χ0v) is 14.3. The second-order valence-electron chi connectivity index (χ2n) is 5.47. The molecule has 128 valence electrons. The number of carbonyl (C=O) groups excluding carboxylic acids is 2. The van der Waals surface area contributed by atoms with Crippen LogP contribution in [0.25, 0.3) is 0 Å². The number of amides is 2. The van der Waals surface area contributed by atoms with Crippen molar-refractivity contribution in [2.45, 2.75) is 20.8 Å². The van der Waals surface area contributed by atoms with Gasteiger partial charge in [-0.05, 0) is 55.9 Å². The van der Waals surface area contributed by atoms with Crippen molar-refractivity contribution in [1.29, 1.82) is 0 Å². The number of nitrogens with one attached hydrogen (secondary N) is 2. The monoisotopic (exact) mass is 329 g/mol. The van der Waals surface area contributed by atoms with E-state index in [9.17, 15) is 9.59 Å². The SMILES string of the molecule is CCN(CC)CC(=O)Nc1ccc(NC(=O)c2ccco2)cc1C. The summed E-state index contributed by atoms with van der Waals surface area (Å²) in [5, 5.41) is 5.67. The van der Waals surface area contributed by atoms with Gasteiger partial charge in [-0.3, -0.25) is 14.5 Å². The number of benzene rings is 1. The van der Waals surface area contributed by atoms with Crippen LogP contribution in [0.3, 0.4) is 0 Å². The second-order valence-corrected chi connectivity index (χ2v) is 5.47. The van der Waals surface area contributed by atoms with E-state index >= 15 is 0 Å². The Morgan fingerprint density at radius 1 is 1.12 bits per heavy atom. The van der Waals surface area contributed by atoms with E-state index < -0.39 is 0 Å². The number of furan rings is 1. The molecule has 0 fully saturated rings. The lowest BCUT2D eigenvalue weighted by Crippen LogP contribution is -2.33. The fourth-order valence-corrected chi connectivity index (χ4v) is 2.32. The van der Waals surface area contributed by atoms with Gasteiger partial charge in [-0.2, -0.15) is 0 Å². The summed E-state index contributed by atoms with van der Waals surface area (Å²) in [5.41, 5.74) is 2.26. The van der Waals surface area contributed by atoms with Crippen molar-refractivity contribution in [3.8, 4) is 0 Å². The molecule has 0 atom stereocenters. The molecule has 0 spiro atoms. The van der Waals surface area contributed by atoms with Crippen LogP contribution in [0.15, 0.2) is 41.0 Å². The number of hydrogen-bond donors (Lipinski definition) is 2. The predicted molar refractivity (Wildman–Crippen MR) is 94.3 cm³/mol. The van der Waals surface area contributed by atoms with Gasteiger partial charge in [0.1, 0.15) is 0 Å². The summed E-state index contributed by atoms with van der Waals surface area (Å²) in [6, 6.07) is 8.61. The maximum absolute atomic E-state index is 12.1. The Balaban J connectivity index is 1.99. The zero-order chi connectivity index (χ0) is 17.5.